The Labute approximate surface area is 227 Å². The first-order valence-electron chi connectivity index (χ1n) is 12.7. The fourth-order valence-electron chi connectivity index (χ4n) is 5.40. The van der Waals surface area contributed by atoms with Gasteiger partial charge < -0.3 is 25.0 Å². The van der Waals surface area contributed by atoms with Gasteiger partial charge in [0.25, 0.3) is 0 Å². The Morgan fingerprint density at radius 1 is 1.11 bits per heavy atom. The Morgan fingerprint density at radius 2 is 1.92 bits per heavy atom. The number of ketones is 1. The summed E-state index contributed by atoms with van der Waals surface area (Å²) in [5.74, 6) is 1.20. The number of carbonyl (C=O) groups is 2. The largest absolute Gasteiger partial charge is 0.497 e. The van der Waals surface area contributed by atoms with E-state index in [1.54, 1.807) is 25.6 Å². The molecule has 2 aliphatic rings. The van der Waals surface area contributed by atoms with Crippen molar-refractivity contribution in [1.29, 1.82) is 0 Å². The Balaban J connectivity index is 1.65. The summed E-state index contributed by atoms with van der Waals surface area (Å²) in [5.41, 5.74) is 3.91. The Kier molecular flexibility index (Phi) is 7.17. The van der Waals surface area contributed by atoms with Crippen LogP contribution in [-0.2, 0) is 16.1 Å². The summed E-state index contributed by atoms with van der Waals surface area (Å²) < 4.78 is 11.3. The van der Waals surface area contributed by atoms with Crippen LogP contribution < -0.4 is 25.0 Å². The van der Waals surface area contributed by atoms with Gasteiger partial charge >= 0.3 is 0 Å². The van der Waals surface area contributed by atoms with E-state index in [-0.39, 0.29) is 23.7 Å². The third-order valence-corrected chi connectivity index (χ3v) is 7.97. The SMILES string of the molecule is COc1ccc(C2C3=C(CC(C)(C)CC3=O)Nc3ccccc3N2CC(=O)NCc2cccs2)c(OC)c1. The number of anilines is 2. The first kappa shape index (κ1) is 25.9. The van der Waals surface area contributed by atoms with Crippen molar-refractivity contribution in [3.8, 4) is 11.5 Å². The van der Waals surface area contributed by atoms with E-state index < -0.39 is 6.04 Å². The van der Waals surface area contributed by atoms with Gasteiger partial charge in [-0.1, -0.05) is 32.0 Å². The van der Waals surface area contributed by atoms with Crippen molar-refractivity contribution in [2.24, 2.45) is 5.41 Å². The quantitative estimate of drug-likeness (QED) is 0.407. The molecule has 0 fully saturated rings. The molecular formula is C30H33N3O4S. The highest BCUT2D eigenvalue weighted by atomic mass is 32.1. The molecular weight excluding hydrogens is 498 g/mol. The Morgan fingerprint density at radius 3 is 2.66 bits per heavy atom. The fraction of sp³-hybridized carbons (Fsp3) is 0.333. The van der Waals surface area contributed by atoms with Crippen LogP contribution in [0, 0.1) is 5.41 Å². The maximum Gasteiger partial charge on any atom is 0.239 e. The second kappa shape index (κ2) is 10.5. The van der Waals surface area contributed by atoms with Gasteiger partial charge in [-0.25, -0.2) is 0 Å². The predicted octanol–water partition coefficient (Wildman–Crippen LogP) is 5.70. The van der Waals surface area contributed by atoms with Crippen molar-refractivity contribution >= 4 is 34.4 Å². The molecule has 2 aromatic carbocycles. The van der Waals surface area contributed by atoms with Crippen molar-refractivity contribution in [3.63, 3.8) is 0 Å². The molecule has 2 heterocycles. The standard InChI is InChI=1S/C30H33N3O4S/c1-30(2)15-23-28(25(34)16-30)29(21-12-11-19(36-3)14-26(21)37-4)33(24-10-6-5-9-22(24)32-23)18-27(35)31-17-20-8-7-13-38-20/h5-14,29,32H,15-18H2,1-4H3,(H,31,35). The lowest BCUT2D eigenvalue weighted by Crippen LogP contribution is -2.42. The monoisotopic (exact) mass is 531 g/mol. The van der Waals surface area contributed by atoms with Gasteiger partial charge in [-0.05, 0) is 47.5 Å². The number of hydrogen-bond donors (Lipinski definition) is 2. The fourth-order valence-corrected chi connectivity index (χ4v) is 6.05. The molecule has 1 atom stereocenters. The van der Waals surface area contributed by atoms with Gasteiger partial charge in [0.2, 0.25) is 5.91 Å². The average molecular weight is 532 g/mol. The third kappa shape index (κ3) is 5.13. The van der Waals surface area contributed by atoms with Crippen LogP contribution >= 0.6 is 11.3 Å². The topological polar surface area (TPSA) is 79.9 Å². The van der Waals surface area contributed by atoms with Gasteiger partial charge in [0, 0.05) is 34.2 Å². The lowest BCUT2D eigenvalue weighted by Gasteiger charge is -2.38. The first-order chi connectivity index (χ1) is 18.3. The molecule has 1 amide bonds. The molecule has 2 N–H and O–H groups in total. The van der Waals surface area contributed by atoms with Gasteiger partial charge in [0.05, 0.1) is 44.7 Å². The normalized spacial score (nSPS) is 18.2. The highest BCUT2D eigenvalue weighted by Crippen LogP contribution is 2.49. The molecule has 1 aliphatic heterocycles. The summed E-state index contributed by atoms with van der Waals surface area (Å²) in [6.45, 7) is 4.76. The molecule has 1 aliphatic carbocycles. The average Bonchev–Trinajstić information content (AvgIpc) is 3.37. The minimum absolute atomic E-state index is 0.0668. The maximum atomic E-state index is 13.9. The number of rotatable bonds is 7. The van der Waals surface area contributed by atoms with Crippen molar-refractivity contribution in [3.05, 3.63) is 81.7 Å². The van der Waals surface area contributed by atoms with Crippen molar-refractivity contribution in [2.75, 3.05) is 31.0 Å². The molecule has 7 nitrogen and oxygen atoms in total. The number of Topliss-reactive ketones (excluding diaryl/α,β-unsaturated/α-hetero) is 1. The molecule has 0 saturated heterocycles. The molecule has 8 heteroatoms. The number of ether oxygens (including phenoxy) is 2. The van der Waals surface area contributed by atoms with Crippen LogP contribution in [0.15, 0.2) is 71.2 Å². The second-order valence-corrected chi connectivity index (χ2v) is 11.5. The van der Waals surface area contributed by atoms with E-state index in [2.05, 4.69) is 24.5 Å². The molecule has 3 aromatic rings. The van der Waals surface area contributed by atoms with E-state index in [0.29, 0.717) is 30.0 Å². The third-order valence-electron chi connectivity index (χ3n) is 7.09. The minimum Gasteiger partial charge on any atom is -0.497 e. The zero-order valence-electron chi connectivity index (χ0n) is 22.2. The van der Waals surface area contributed by atoms with Gasteiger partial charge in [-0.15, -0.1) is 11.3 Å². The van der Waals surface area contributed by atoms with Crippen LogP contribution in [0.4, 0.5) is 11.4 Å². The second-order valence-electron chi connectivity index (χ2n) is 10.5. The molecule has 0 saturated carbocycles. The number of amides is 1. The zero-order valence-corrected chi connectivity index (χ0v) is 23.0. The number of nitrogens with one attached hydrogen (secondary N) is 2. The summed E-state index contributed by atoms with van der Waals surface area (Å²) >= 11 is 1.60. The van der Waals surface area contributed by atoms with Crippen molar-refractivity contribution < 1.29 is 19.1 Å². The van der Waals surface area contributed by atoms with Crippen LogP contribution in [0.25, 0.3) is 0 Å². The van der Waals surface area contributed by atoms with E-state index in [1.807, 2.05) is 64.9 Å². The lowest BCUT2D eigenvalue weighted by atomic mass is 9.73. The number of nitrogens with zero attached hydrogens (tertiary/aromatic N) is 1. The van der Waals surface area contributed by atoms with E-state index >= 15 is 0 Å². The number of benzene rings is 2. The van der Waals surface area contributed by atoms with Gasteiger partial charge in [-0.2, -0.15) is 0 Å². The molecule has 0 radical (unpaired) electrons. The molecule has 5 rings (SSSR count). The van der Waals surface area contributed by atoms with E-state index in [1.165, 1.54) is 0 Å². The summed E-state index contributed by atoms with van der Waals surface area (Å²) in [7, 11) is 3.22. The van der Waals surface area contributed by atoms with Crippen LogP contribution in [-0.4, -0.2) is 32.5 Å². The number of para-hydroxylation sites is 2. The van der Waals surface area contributed by atoms with Crippen molar-refractivity contribution in [1.82, 2.24) is 5.32 Å². The highest BCUT2D eigenvalue weighted by Gasteiger charge is 2.42. The Bertz CT molecular complexity index is 1380. The molecule has 0 spiro atoms. The number of fused-ring (bicyclic) bond motifs is 1. The van der Waals surface area contributed by atoms with E-state index in [0.717, 1.165) is 33.9 Å². The summed E-state index contributed by atoms with van der Waals surface area (Å²) in [6.07, 6.45) is 1.15. The van der Waals surface area contributed by atoms with Crippen molar-refractivity contribution in [2.45, 2.75) is 39.3 Å². The zero-order chi connectivity index (χ0) is 26.9. The molecule has 1 aromatic heterocycles. The highest BCUT2D eigenvalue weighted by molar-refractivity contribution is 7.09. The number of methoxy groups -OCH3 is 2. The van der Waals surface area contributed by atoms with E-state index in [4.69, 9.17) is 9.47 Å². The number of carbonyl (C=O) groups excluding carboxylic acids is 2. The van der Waals surface area contributed by atoms with E-state index in [9.17, 15) is 9.59 Å². The molecule has 0 bridgehead atoms. The van der Waals surface area contributed by atoms with Crippen LogP contribution in [0.1, 0.15) is 43.2 Å². The van der Waals surface area contributed by atoms with Crippen LogP contribution in [0.3, 0.4) is 0 Å². The predicted molar refractivity (Wildman–Crippen MR) is 151 cm³/mol. The number of hydrogen-bond acceptors (Lipinski definition) is 7. The summed E-state index contributed by atoms with van der Waals surface area (Å²) in [6, 6.07) is 17.0. The van der Waals surface area contributed by atoms with Gasteiger partial charge in [0.1, 0.15) is 11.5 Å². The van der Waals surface area contributed by atoms with Gasteiger partial charge in [-0.3, -0.25) is 9.59 Å². The molecule has 1 unspecified atom stereocenters. The number of allylic oxidation sites excluding steroid dienone is 1. The smallest absolute Gasteiger partial charge is 0.239 e. The van der Waals surface area contributed by atoms with Crippen LogP contribution in [0.5, 0.6) is 11.5 Å². The first-order valence-corrected chi connectivity index (χ1v) is 13.6. The van der Waals surface area contributed by atoms with Crippen LogP contribution in [0.2, 0.25) is 0 Å². The Hall–Kier alpha value is -3.78. The molecule has 198 valence electrons. The summed E-state index contributed by atoms with van der Waals surface area (Å²) in [5, 5.41) is 8.64. The molecule has 38 heavy (non-hydrogen) atoms. The minimum atomic E-state index is -0.530. The summed E-state index contributed by atoms with van der Waals surface area (Å²) in [4.78, 5) is 30.4. The maximum absolute atomic E-state index is 13.9. The lowest BCUT2D eigenvalue weighted by molar-refractivity contribution is -0.120. The van der Waals surface area contributed by atoms with Gasteiger partial charge in [0.15, 0.2) is 5.78 Å². The number of thiophene rings is 1.